The van der Waals surface area contributed by atoms with Gasteiger partial charge in [-0.3, -0.25) is 4.52 Å². The van der Waals surface area contributed by atoms with Gasteiger partial charge in [0.15, 0.2) is 6.29 Å². The van der Waals surface area contributed by atoms with Crippen molar-refractivity contribution in [2.75, 3.05) is 35.0 Å². The molecule has 0 aromatic heterocycles. The summed E-state index contributed by atoms with van der Waals surface area (Å²) in [6, 6.07) is 35.4. The normalized spacial score (nSPS) is 20.7. The highest BCUT2D eigenvalue weighted by Gasteiger charge is 2.50. The van der Waals surface area contributed by atoms with Crippen molar-refractivity contribution >= 4 is 8.60 Å². The van der Waals surface area contributed by atoms with Crippen molar-refractivity contribution in [2.24, 2.45) is 0 Å². The molecule has 10 nitrogen and oxygen atoms in total. The van der Waals surface area contributed by atoms with Gasteiger partial charge in [-0.1, -0.05) is 84.9 Å². The Morgan fingerprint density at radius 2 is 0.959 bits per heavy atom. The van der Waals surface area contributed by atoms with Crippen molar-refractivity contribution in [1.82, 2.24) is 0 Å². The van der Waals surface area contributed by atoms with Crippen LogP contribution in [-0.4, -0.2) is 65.8 Å². The minimum absolute atomic E-state index is 0.202. The average molecular weight is 693 g/mol. The third-order valence-electron chi connectivity index (χ3n) is 7.96. The number of hydrogen-bond donors (Lipinski definition) is 0. The van der Waals surface area contributed by atoms with Gasteiger partial charge in [0, 0.05) is 14.2 Å². The highest BCUT2D eigenvalue weighted by Crippen LogP contribution is 2.43. The quantitative estimate of drug-likeness (QED) is 0.0937. The van der Waals surface area contributed by atoms with E-state index in [2.05, 4.69) is 0 Å². The topological polar surface area (TPSA) is 92.3 Å². The Morgan fingerprint density at radius 3 is 1.45 bits per heavy atom. The summed E-state index contributed by atoms with van der Waals surface area (Å²) in [7, 11) is 4.58. The van der Waals surface area contributed by atoms with Gasteiger partial charge >= 0.3 is 8.60 Å². The summed E-state index contributed by atoms with van der Waals surface area (Å²) < 4.78 is 60.9. The molecular weight excluding hydrogens is 647 g/mol. The van der Waals surface area contributed by atoms with Crippen molar-refractivity contribution in [3.63, 3.8) is 0 Å². The molecule has 1 aliphatic heterocycles. The van der Waals surface area contributed by atoms with Crippen LogP contribution in [0.1, 0.15) is 22.3 Å². The van der Waals surface area contributed by atoms with Crippen LogP contribution >= 0.6 is 8.60 Å². The summed E-state index contributed by atoms with van der Waals surface area (Å²) in [4.78, 5) is 0. The van der Waals surface area contributed by atoms with Gasteiger partial charge in [-0.05, 0) is 46.5 Å². The molecule has 4 aromatic carbocycles. The Bertz CT molecular complexity index is 1470. The van der Waals surface area contributed by atoms with Crippen LogP contribution in [0.2, 0.25) is 0 Å². The first-order valence-electron chi connectivity index (χ1n) is 16.1. The van der Waals surface area contributed by atoms with Gasteiger partial charge in [-0.25, -0.2) is 0 Å². The molecule has 0 amide bonds. The van der Waals surface area contributed by atoms with Gasteiger partial charge in [-0.2, -0.15) is 0 Å². The van der Waals surface area contributed by atoms with E-state index in [1.807, 2.05) is 109 Å². The van der Waals surface area contributed by atoms with E-state index in [0.717, 1.165) is 33.8 Å². The third-order valence-corrected chi connectivity index (χ3v) is 8.94. The predicted octanol–water partition coefficient (Wildman–Crippen LogP) is 7.24. The molecule has 262 valence electrons. The highest BCUT2D eigenvalue weighted by atomic mass is 31.2. The van der Waals surface area contributed by atoms with Crippen LogP contribution in [0.5, 0.6) is 11.5 Å². The van der Waals surface area contributed by atoms with Crippen LogP contribution in [0.25, 0.3) is 0 Å². The first kappa shape index (κ1) is 36.9. The molecule has 11 heteroatoms. The Kier molecular flexibility index (Phi) is 14.8. The number of benzene rings is 4. The Morgan fingerprint density at radius 1 is 0.510 bits per heavy atom. The monoisotopic (exact) mass is 692 g/mol. The van der Waals surface area contributed by atoms with E-state index < -0.39 is 39.3 Å². The molecule has 0 saturated carbocycles. The van der Waals surface area contributed by atoms with E-state index in [-0.39, 0.29) is 26.4 Å². The van der Waals surface area contributed by atoms with E-state index in [1.165, 1.54) is 14.2 Å². The fraction of sp³-hybridized carbons (Fsp3) is 0.368. The zero-order valence-electron chi connectivity index (χ0n) is 28.3. The minimum Gasteiger partial charge on any atom is -0.497 e. The number of rotatable bonds is 19. The lowest BCUT2D eigenvalue weighted by Crippen LogP contribution is -2.61. The summed E-state index contributed by atoms with van der Waals surface area (Å²) in [5.41, 5.74) is 3.94. The molecule has 49 heavy (non-hydrogen) atoms. The molecule has 0 N–H and O–H groups in total. The van der Waals surface area contributed by atoms with Gasteiger partial charge in [0.1, 0.15) is 35.9 Å². The lowest BCUT2D eigenvalue weighted by atomic mass is 9.98. The van der Waals surface area contributed by atoms with Crippen molar-refractivity contribution in [2.45, 2.75) is 57.1 Å². The molecule has 1 heterocycles. The zero-order chi connectivity index (χ0) is 34.3. The molecule has 0 radical (unpaired) electrons. The molecule has 0 aliphatic carbocycles. The molecule has 0 bridgehead atoms. The SMILES string of the molecule is COc1ccc(CO[C@@H]2[C@H](OCc3ccccc3)[C@@H](OP(OC)OC)O[C@H](COCc3ccccc3)[C@H]2OCc2ccc(OC)cc2)cc1. The maximum atomic E-state index is 6.75. The lowest BCUT2D eigenvalue weighted by molar-refractivity contribution is -0.311. The van der Waals surface area contributed by atoms with E-state index >= 15 is 0 Å². The van der Waals surface area contributed by atoms with Crippen molar-refractivity contribution in [3.8, 4) is 11.5 Å². The van der Waals surface area contributed by atoms with E-state index in [4.69, 9.17) is 46.7 Å². The van der Waals surface area contributed by atoms with Crippen molar-refractivity contribution in [3.05, 3.63) is 131 Å². The predicted molar refractivity (Wildman–Crippen MR) is 185 cm³/mol. The smallest absolute Gasteiger partial charge is 0.334 e. The van der Waals surface area contributed by atoms with Crippen LogP contribution in [0.4, 0.5) is 0 Å². The van der Waals surface area contributed by atoms with E-state index in [9.17, 15) is 0 Å². The van der Waals surface area contributed by atoms with Crippen LogP contribution in [0.15, 0.2) is 109 Å². The van der Waals surface area contributed by atoms with Gasteiger partial charge < -0.3 is 42.2 Å². The molecule has 1 saturated heterocycles. The molecule has 5 rings (SSSR count). The Labute approximate surface area is 290 Å². The first-order chi connectivity index (χ1) is 24.1. The van der Waals surface area contributed by atoms with Gasteiger partial charge in [0.25, 0.3) is 0 Å². The second-order valence-electron chi connectivity index (χ2n) is 11.2. The molecule has 1 aliphatic rings. The second kappa shape index (κ2) is 19.7. The minimum atomic E-state index is -1.75. The van der Waals surface area contributed by atoms with Crippen LogP contribution in [0, 0.1) is 0 Å². The van der Waals surface area contributed by atoms with Crippen LogP contribution in [-0.2, 0) is 63.7 Å². The van der Waals surface area contributed by atoms with Gasteiger partial charge in [0.05, 0.1) is 47.3 Å². The van der Waals surface area contributed by atoms with Crippen molar-refractivity contribution in [1.29, 1.82) is 0 Å². The van der Waals surface area contributed by atoms with E-state index in [1.54, 1.807) is 14.2 Å². The largest absolute Gasteiger partial charge is 0.497 e. The first-order valence-corrected chi connectivity index (χ1v) is 17.2. The fourth-order valence-corrected chi connectivity index (χ4v) is 6.03. The van der Waals surface area contributed by atoms with Crippen molar-refractivity contribution < 1.29 is 46.7 Å². The highest BCUT2D eigenvalue weighted by molar-refractivity contribution is 7.41. The Hall–Kier alpha value is -3.41. The summed E-state index contributed by atoms with van der Waals surface area (Å²) in [5, 5.41) is 0. The molecule has 0 spiro atoms. The molecule has 5 atom stereocenters. The summed E-state index contributed by atoms with van der Waals surface area (Å²) >= 11 is 0. The summed E-state index contributed by atoms with van der Waals surface area (Å²) in [6.07, 6.45) is -3.54. The average Bonchev–Trinajstić information content (AvgIpc) is 3.16. The second-order valence-corrected chi connectivity index (χ2v) is 12.6. The summed E-state index contributed by atoms with van der Waals surface area (Å²) in [6.45, 7) is 1.44. The molecule has 4 aromatic rings. The fourth-order valence-electron chi connectivity index (χ4n) is 5.37. The lowest BCUT2D eigenvalue weighted by Gasteiger charge is -2.46. The number of methoxy groups -OCH3 is 2. The molecular formula is C38H45O10P. The molecule has 1 fully saturated rings. The standard InChI is InChI=1S/C38H45O10P/c1-39-32-19-15-30(16-20-32)25-44-35-34(27-43-23-28-11-7-5-8-12-28)47-38(48-49(41-3)42-4)37(46-24-29-13-9-6-10-14-29)36(35)45-26-31-17-21-33(40-2)22-18-31/h5-22,34-38H,23-27H2,1-4H3/t34-,35-,36+,37+,38-/m1/s1. The van der Waals surface area contributed by atoms with Crippen LogP contribution in [0.3, 0.4) is 0 Å². The number of ether oxygens (including phenoxy) is 7. The number of hydrogen-bond acceptors (Lipinski definition) is 10. The van der Waals surface area contributed by atoms with E-state index in [0.29, 0.717) is 6.61 Å². The molecule has 0 unspecified atom stereocenters. The third kappa shape index (κ3) is 11.0. The Balaban J connectivity index is 1.46. The maximum absolute atomic E-state index is 6.75. The zero-order valence-corrected chi connectivity index (χ0v) is 29.2. The van der Waals surface area contributed by atoms with Gasteiger partial charge in [0.2, 0.25) is 0 Å². The maximum Gasteiger partial charge on any atom is 0.334 e. The summed E-state index contributed by atoms with van der Waals surface area (Å²) in [5.74, 6) is 1.52. The van der Waals surface area contributed by atoms with Crippen LogP contribution < -0.4 is 9.47 Å². The van der Waals surface area contributed by atoms with Gasteiger partial charge in [-0.15, -0.1) is 0 Å².